The van der Waals surface area contributed by atoms with Gasteiger partial charge in [0.15, 0.2) is 0 Å². The van der Waals surface area contributed by atoms with Crippen LogP contribution in [0.25, 0.3) is 0 Å². The first-order chi connectivity index (χ1) is 12.0. The van der Waals surface area contributed by atoms with E-state index in [4.69, 9.17) is 4.74 Å². The van der Waals surface area contributed by atoms with E-state index >= 15 is 0 Å². The molecule has 0 aliphatic rings. The van der Waals surface area contributed by atoms with Gasteiger partial charge in [0, 0.05) is 13.1 Å². The molecule has 5 heteroatoms. The molecule has 0 heterocycles. The monoisotopic (exact) mass is 343 g/mol. The van der Waals surface area contributed by atoms with Crippen LogP contribution < -0.4 is 0 Å². The maximum Gasteiger partial charge on any atom is 0.307 e. The molecule has 0 fully saturated rings. The van der Waals surface area contributed by atoms with E-state index in [-0.39, 0.29) is 31.1 Å². The second kappa shape index (κ2) is 8.97. The van der Waals surface area contributed by atoms with E-state index in [1.54, 1.807) is 13.0 Å². The molecule has 0 spiro atoms. The minimum atomic E-state index is -0.572. The van der Waals surface area contributed by atoms with Gasteiger partial charge in [-0.05, 0) is 31.5 Å². The van der Waals surface area contributed by atoms with Crippen LogP contribution in [0.5, 0.6) is 0 Å². The Morgan fingerprint density at radius 3 is 2.40 bits per heavy atom. The summed E-state index contributed by atoms with van der Waals surface area (Å²) in [5.41, 5.74) is 2.03. The van der Waals surface area contributed by atoms with Gasteiger partial charge in [-0.25, -0.2) is 4.39 Å². The van der Waals surface area contributed by atoms with Crippen molar-refractivity contribution in [2.45, 2.75) is 26.8 Å². The molecule has 2 aromatic carbocycles. The highest BCUT2D eigenvalue weighted by Crippen LogP contribution is 2.14. The number of aryl methyl sites for hydroxylation is 1. The molecule has 0 aliphatic heterocycles. The molecule has 4 nitrogen and oxygen atoms in total. The molecular formula is C20H22FNO3. The number of ether oxygens (including phenoxy) is 1. The largest absolute Gasteiger partial charge is 0.466 e. The summed E-state index contributed by atoms with van der Waals surface area (Å²) < 4.78 is 18.9. The number of halogens is 1. The summed E-state index contributed by atoms with van der Waals surface area (Å²) in [4.78, 5) is 25.8. The molecule has 2 aromatic rings. The quantitative estimate of drug-likeness (QED) is 0.720. The zero-order valence-corrected chi connectivity index (χ0v) is 14.5. The number of nitrogens with zero attached hydrogens (tertiary/aromatic N) is 1. The Morgan fingerprint density at radius 1 is 1.08 bits per heavy atom. The lowest BCUT2D eigenvalue weighted by Crippen LogP contribution is -2.33. The van der Waals surface area contributed by atoms with E-state index in [1.165, 1.54) is 23.1 Å². The van der Waals surface area contributed by atoms with Gasteiger partial charge in [0.1, 0.15) is 5.82 Å². The van der Waals surface area contributed by atoms with Crippen molar-refractivity contribution in [2.24, 2.45) is 0 Å². The van der Waals surface area contributed by atoms with Crippen molar-refractivity contribution in [1.82, 2.24) is 4.90 Å². The molecule has 0 unspecified atom stereocenters. The Balaban J connectivity index is 2.18. The third-order valence-corrected chi connectivity index (χ3v) is 3.78. The minimum absolute atomic E-state index is 0.00142. The molecule has 0 saturated heterocycles. The highest BCUT2D eigenvalue weighted by Gasteiger charge is 2.20. The van der Waals surface area contributed by atoms with Crippen molar-refractivity contribution >= 4 is 11.9 Å². The van der Waals surface area contributed by atoms with E-state index in [1.807, 2.05) is 31.2 Å². The first-order valence-electron chi connectivity index (χ1n) is 8.26. The standard InChI is InChI=1S/C20H22FNO3/c1-3-25-19(23)12-13-22(14-16-10-8-15(2)9-11-16)20(24)17-6-4-5-7-18(17)21/h4-11H,3,12-14H2,1-2H3. The summed E-state index contributed by atoms with van der Waals surface area (Å²) in [6.45, 7) is 4.46. The molecule has 0 bridgehead atoms. The summed E-state index contributed by atoms with van der Waals surface area (Å²) in [6, 6.07) is 13.6. The van der Waals surface area contributed by atoms with Crippen molar-refractivity contribution in [3.63, 3.8) is 0 Å². The van der Waals surface area contributed by atoms with Crippen LogP contribution in [-0.2, 0) is 16.1 Å². The third kappa shape index (κ3) is 5.41. The van der Waals surface area contributed by atoms with E-state index in [0.29, 0.717) is 6.54 Å². The first-order valence-corrected chi connectivity index (χ1v) is 8.26. The van der Waals surface area contributed by atoms with Crippen molar-refractivity contribution in [2.75, 3.05) is 13.2 Å². The van der Waals surface area contributed by atoms with Crippen LogP contribution in [0.1, 0.15) is 34.8 Å². The van der Waals surface area contributed by atoms with E-state index in [0.717, 1.165) is 11.1 Å². The molecule has 0 atom stereocenters. The van der Waals surface area contributed by atoms with Gasteiger partial charge in [0.2, 0.25) is 0 Å². The summed E-state index contributed by atoms with van der Waals surface area (Å²) in [5, 5.41) is 0. The third-order valence-electron chi connectivity index (χ3n) is 3.78. The number of rotatable bonds is 7. The molecule has 0 N–H and O–H groups in total. The van der Waals surface area contributed by atoms with E-state index < -0.39 is 11.7 Å². The Morgan fingerprint density at radius 2 is 1.76 bits per heavy atom. The average Bonchev–Trinajstić information content (AvgIpc) is 2.60. The average molecular weight is 343 g/mol. The van der Waals surface area contributed by atoms with Gasteiger partial charge in [-0.2, -0.15) is 0 Å². The number of hydrogen-bond donors (Lipinski definition) is 0. The highest BCUT2D eigenvalue weighted by atomic mass is 19.1. The lowest BCUT2D eigenvalue weighted by atomic mass is 10.1. The van der Waals surface area contributed by atoms with Gasteiger partial charge >= 0.3 is 5.97 Å². The Kier molecular flexibility index (Phi) is 6.69. The fourth-order valence-corrected chi connectivity index (χ4v) is 2.43. The van der Waals surface area contributed by atoms with Crippen LogP contribution in [0.3, 0.4) is 0 Å². The molecule has 0 saturated carbocycles. The predicted octanol–water partition coefficient (Wildman–Crippen LogP) is 3.73. The van der Waals surface area contributed by atoms with Crippen LogP contribution in [-0.4, -0.2) is 29.9 Å². The zero-order chi connectivity index (χ0) is 18.2. The smallest absolute Gasteiger partial charge is 0.307 e. The van der Waals surface area contributed by atoms with Crippen LogP contribution in [0, 0.1) is 12.7 Å². The number of carbonyl (C=O) groups is 2. The summed E-state index contributed by atoms with van der Waals surface area (Å²) in [6.07, 6.45) is 0.0693. The number of carbonyl (C=O) groups excluding carboxylic acids is 2. The molecule has 0 aliphatic carbocycles. The fourth-order valence-electron chi connectivity index (χ4n) is 2.43. The van der Waals surface area contributed by atoms with Gasteiger partial charge in [-0.15, -0.1) is 0 Å². The molecule has 0 aromatic heterocycles. The lowest BCUT2D eigenvalue weighted by Gasteiger charge is -2.23. The van der Waals surface area contributed by atoms with E-state index in [9.17, 15) is 14.0 Å². The van der Waals surface area contributed by atoms with Crippen LogP contribution in [0.4, 0.5) is 4.39 Å². The first kappa shape index (κ1) is 18.6. The normalized spacial score (nSPS) is 10.4. The van der Waals surface area contributed by atoms with Crippen LogP contribution in [0.15, 0.2) is 48.5 Å². The molecule has 0 radical (unpaired) electrons. The predicted molar refractivity (Wildman–Crippen MR) is 93.6 cm³/mol. The van der Waals surface area contributed by atoms with Crippen LogP contribution >= 0.6 is 0 Å². The molecule has 1 amide bonds. The number of esters is 1. The van der Waals surface area contributed by atoms with Gasteiger partial charge in [0.05, 0.1) is 18.6 Å². The summed E-state index contributed by atoms with van der Waals surface area (Å²) >= 11 is 0. The van der Waals surface area contributed by atoms with Crippen molar-refractivity contribution in [3.05, 3.63) is 71.0 Å². The van der Waals surface area contributed by atoms with E-state index in [2.05, 4.69) is 0 Å². The maximum atomic E-state index is 14.0. The second-order valence-corrected chi connectivity index (χ2v) is 5.75. The summed E-state index contributed by atoms with van der Waals surface area (Å²) in [5.74, 6) is -1.39. The number of hydrogen-bond acceptors (Lipinski definition) is 3. The molecule has 2 rings (SSSR count). The van der Waals surface area contributed by atoms with Crippen LogP contribution in [0.2, 0.25) is 0 Å². The summed E-state index contributed by atoms with van der Waals surface area (Å²) in [7, 11) is 0. The Hall–Kier alpha value is -2.69. The topological polar surface area (TPSA) is 46.6 Å². The zero-order valence-electron chi connectivity index (χ0n) is 14.5. The van der Waals surface area contributed by atoms with Crippen molar-refractivity contribution in [1.29, 1.82) is 0 Å². The fraction of sp³-hybridized carbons (Fsp3) is 0.300. The number of amides is 1. The SMILES string of the molecule is CCOC(=O)CCN(Cc1ccc(C)cc1)C(=O)c1ccccc1F. The Bertz CT molecular complexity index is 728. The number of benzene rings is 2. The molecule has 132 valence electrons. The molecule has 25 heavy (non-hydrogen) atoms. The van der Waals surface area contributed by atoms with Crippen molar-refractivity contribution < 1.29 is 18.7 Å². The van der Waals surface area contributed by atoms with Gasteiger partial charge < -0.3 is 9.64 Å². The lowest BCUT2D eigenvalue weighted by molar-refractivity contribution is -0.143. The van der Waals surface area contributed by atoms with Gasteiger partial charge in [-0.1, -0.05) is 42.0 Å². The maximum absolute atomic E-state index is 14.0. The Labute approximate surface area is 147 Å². The highest BCUT2D eigenvalue weighted by molar-refractivity contribution is 5.94. The van der Waals surface area contributed by atoms with Crippen molar-refractivity contribution in [3.8, 4) is 0 Å². The second-order valence-electron chi connectivity index (χ2n) is 5.75. The molecular weight excluding hydrogens is 321 g/mol. The van der Waals surface area contributed by atoms with Gasteiger partial charge in [0.25, 0.3) is 5.91 Å². The minimum Gasteiger partial charge on any atom is -0.466 e. The van der Waals surface area contributed by atoms with Gasteiger partial charge in [-0.3, -0.25) is 9.59 Å².